The number of rotatable bonds is 2. The summed E-state index contributed by atoms with van der Waals surface area (Å²) in [6.45, 7) is 0.687. The van der Waals surface area contributed by atoms with Crippen LogP contribution in [0.15, 0.2) is 16.9 Å². The molecule has 1 aliphatic carbocycles. The van der Waals surface area contributed by atoms with Crippen molar-refractivity contribution >= 4 is 5.91 Å². The topological polar surface area (TPSA) is 117 Å². The summed E-state index contributed by atoms with van der Waals surface area (Å²) in [5.74, 6) is -0.478. The van der Waals surface area contributed by atoms with Gasteiger partial charge in [-0.25, -0.2) is 0 Å². The molecule has 1 aliphatic heterocycles. The Labute approximate surface area is 115 Å². The first kappa shape index (κ1) is 13.1. The molecule has 7 heteroatoms. The summed E-state index contributed by atoms with van der Waals surface area (Å²) in [4.78, 5) is 25.5. The Morgan fingerprint density at radius 2 is 2.30 bits per heavy atom. The zero-order valence-corrected chi connectivity index (χ0v) is 10.8. The summed E-state index contributed by atoms with van der Waals surface area (Å²) in [5, 5.41) is 12.1. The number of aromatic amines is 1. The highest BCUT2D eigenvalue weighted by Crippen LogP contribution is 2.37. The van der Waals surface area contributed by atoms with E-state index in [-0.39, 0.29) is 29.6 Å². The van der Waals surface area contributed by atoms with Crippen molar-refractivity contribution in [3.63, 3.8) is 0 Å². The number of ether oxygens (including phenoxy) is 1. The van der Waals surface area contributed by atoms with E-state index in [1.807, 2.05) is 0 Å². The number of aromatic hydroxyl groups is 1. The molecule has 1 saturated carbocycles. The minimum atomic E-state index is -0.528. The predicted molar refractivity (Wildman–Crippen MR) is 70.4 cm³/mol. The van der Waals surface area contributed by atoms with Crippen LogP contribution in [0.1, 0.15) is 23.2 Å². The number of aromatic nitrogens is 1. The molecule has 0 bridgehead atoms. The average molecular weight is 279 g/mol. The van der Waals surface area contributed by atoms with Crippen LogP contribution in [0.25, 0.3) is 0 Å². The van der Waals surface area contributed by atoms with Crippen LogP contribution in [-0.4, -0.2) is 40.8 Å². The minimum Gasteiger partial charge on any atom is -0.494 e. The van der Waals surface area contributed by atoms with Crippen LogP contribution in [-0.2, 0) is 4.74 Å². The van der Waals surface area contributed by atoms with E-state index in [1.54, 1.807) is 0 Å². The molecule has 2 fully saturated rings. The van der Waals surface area contributed by atoms with E-state index in [0.717, 1.165) is 18.9 Å². The summed E-state index contributed by atoms with van der Waals surface area (Å²) < 4.78 is 5.63. The molecule has 5 N–H and O–H groups in total. The van der Waals surface area contributed by atoms with E-state index in [4.69, 9.17) is 10.5 Å². The van der Waals surface area contributed by atoms with Crippen molar-refractivity contribution in [3.8, 4) is 5.88 Å². The third-order valence-corrected chi connectivity index (χ3v) is 4.07. The Morgan fingerprint density at radius 3 is 3.05 bits per heavy atom. The second-order valence-electron chi connectivity index (χ2n) is 5.34. The van der Waals surface area contributed by atoms with Crippen molar-refractivity contribution in [3.05, 3.63) is 28.0 Å². The third kappa shape index (κ3) is 2.19. The summed E-state index contributed by atoms with van der Waals surface area (Å²) in [6, 6.07) is 1.98. The first-order valence-corrected chi connectivity index (χ1v) is 6.67. The number of nitrogens with two attached hydrogens (primary N) is 1. The van der Waals surface area contributed by atoms with Crippen molar-refractivity contribution in [2.75, 3.05) is 6.61 Å². The molecule has 1 amide bonds. The van der Waals surface area contributed by atoms with Gasteiger partial charge in [0.25, 0.3) is 11.5 Å². The molecule has 3 rings (SSSR count). The van der Waals surface area contributed by atoms with Crippen LogP contribution in [0, 0.1) is 5.92 Å². The number of pyridine rings is 1. The van der Waals surface area contributed by atoms with Crippen molar-refractivity contribution < 1.29 is 14.6 Å². The van der Waals surface area contributed by atoms with Gasteiger partial charge in [-0.15, -0.1) is 0 Å². The van der Waals surface area contributed by atoms with Gasteiger partial charge < -0.3 is 20.9 Å². The van der Waals surface area contributed by atoms with Gasteiger partial charge in [-0.3, -0.25) is 14.6 Å². The van der Waals surface area contributed by atoms with E-state index in [9.17, 15) is 14.7 Å². The standard InChI is InChI=1S/C13H17N3O4/c14-10-7-2-1-3-20-12(7)11(10)16-13(19)6-4-8(17)15-9(18)5-6/h4-5,7,10-12H,1-3,14H2,(H,16,19)(H2,15,17,18). The van der Waals surface area contributed by atoms with Gasteiger partial charge in [-0.1, -0.05) is 0 Å². The molecule has 4 atom stereocenters. The monoisotopic (exact) mass is 279 g/mol. The summed E-state index contributed by atoms with van der Waals surface area (Å²) in [5.41, 5.74) is 5.63. The van der Waals surface area contributed by atoms with Gasteiger partial charge >= 0.3 is 0 Å². The highest BCUT2D eigenvalue weighted by Gasteiger charge is 2.51. The van der Waals surface area contributed by atoms with Crippen LogP contribution in [0.5, 0.6) is 5.88 Å². The molecule has 20 heavy (non-hydrogen) atoms. The molecule has 1 aromatic heterocycles. The van der Waals surface area contributed by atoms with Crippen LogP contribution < -0.4 is 16.6 Å². The van der Waals surface area contributed by atoms with Gasteiger partial charge in [-0.2, -0.15) is 0 Å². The van der Waals surface area contributed by atoms with Gasteiger partial charge in [0, 0.05) is 30.7 Å². The third-order valence-electron chi connectivity index (χ3n) is 4.07. The van der Waals surface area contributed by atoms with E-state index in [2.05, 4.69) is 10.3 Å². The lowest BCUT2D eigenvalue weighted by Crippen LogP contribution is -2.72. The zero-order valence-electron chi connectivity index (χ0n) is 10.8. The maximum Gasteiger partial charge on any atom is 0.252 e. The molecule has 4 unspecified atom stereocenters. The van der Waals surface area contributed by atoms with Gasteiger partial charge in [0.15, 0.2) is 5.88 Å². The van der Waals surface area contributed by atoms with E-state index < -0.39 is 11.5 Å². The number of carbonyl (C=O) groups is 1. The van der Waals surface area contributed by atoms with Crippen molar-refractivity contribution in [1.29, 1.82) is 0 Å². The molecule has 108 valence electrons. The van der Waals surface area contributed by atoms with Gasteiger partial charge in [-0.05, 0) is 12.8 Å². The average Bonchev–Trinajstić information content (AvgIpc) is 2.43. The fraction of sp³-hybridized carbons (Fsp3) is 0.538. The predicted octanol–water partition coefficient (Wildman–Crippen LogP) is -0.685. The zero-order chi connectivity index (χ0) is 14.3. The molecule has 1 saturated heterocycles. The Morgan fingerprint density at radius 1 is 1.50 bits per heavy atom. The van der Waals surface area contributed by atoms with E-state index in [0.29, 0.717) is 12.5 Å². The summed E-state index contributed by atoms with van der Waals surface area (Å²) in [7, 11) is 0. The van der Waals surface area contributed by atoms with Crippen LogP contribution in [0.3, 0.4) is 0 Å². The highest BCUT2D eigenvalue weighted by molar-refractivity contribution is 5.94. The molecular formula is C13H17N3O4. The second kappa shape index (κ2) is 4.92. The minimum absolute atomic E-state index is 0.0432. The molecule has 0 spiro atoms. The van der Waals surface area contributed by atoms with Crippen molar-refractivity contribution in [2.24, 2.45) is 11.7 Å². The second-order valence-corrected chi connectivity index (χ2v) is 5.34. The lowest BCUT2D eigenvalue weighted by Gasteiger charge is -2.52. The van der Waals surface area contributed by atoms with Crippen LogP contribution >= 0.6 is 0 Å². The molecule has 0 aromatic carbocycles. The SMILES string of the molecule is NC1C2CCCOC2C1NC(=O)c1cc(O)[nH]c(=O)c1. The number of fused-ring (bicyclic) bond motifs is 1. The van der Waals surface area contributed by atoms with Crippen molar-refractivity contribution in [2.45, 2.75) is 31.0 Å². The van der Waals surface area contributed by atoms with Gasteiger partial charge in [0.05, 0.1) is 17.7 Å². The van der Waals surface area contributed by atoms with Gasteiger partial charge in [0.2, 0.25) is 0 Å². The Bertz CT molecular complexity index is 585. The smallest absolute Gasteiger partial charge is 0.252 e. The first-order valence-electron chi connectivity index (χ1n) is 6.67. The maximum atomic E-state index is 12.1. The Balaban J connectivity index is 1.71. The molecule has 0 radical (unpaired) electrons. The number of nitrogens with one attached hydrogen (secondary N) is 2. The number of H-pyrrole nitrogens is 1. The quantitative estimate of drug-likeness (QED) is 0.572. The molecule has 1 aromatic rings. The fourth-order valence-corrected chi connectivity index (χ4v) is 3.02. The summed E-state index contributed by atoms with van der Waals surface area (Å²) >= 11 is 0. The maximum absolute atomic E-state index is 12.1. The number of carbonyl (C=O) groups excluding carboxylic acids is 1. The summed E-state index contributed by atoms with van der Waals surface area (Å²) in [6.07, 6.45) is 1.97. The molecular weight excluding hydrogens is 262 g/mol. The molecule has 2 aliphatic rings. The number of amides is 1. The van der Waals surface area contributed by atoms with Crippen molar-refractivity contribution in [1.82, 2.24) is 10.3 Å². The molecule has 7 nitrogen and oxygen atoms in total. The fourth-order valence-electron chi connectivity index (χ4n) is 3.02. The highest BCUT2D eigenvalue weighted by atomic mass is 16.5. The van der Waals surface area contributed by atoms with E-state index in [1.165, 1.54) is 6.07 Å². The molecule has 2 heterocycles. The van der Waals surface area contributed by atoms with E-state index >= 15 is 0 Å². The van der Waals surface area contributed by atoms with Crippen LogP contribution in [0.2, 0.25) is 0 Å². The number of hydrogen-bond donors (Lipinski definition) is 4. The first-order chi connectivity index (χ1) is 9.56. The lowest BCUT2D eigenvalue weighted by atomic mass is 9.68. The van der Waals surface area contributed by atoms with Gasteiger partial charge in [0.1, 0.15) is 0 Å². The Kier molecular flexibility index (Phi) is 3.23. The largest absolute Gasteiger partial charge is 0.494 e. The lowest BCUT2D eigenvalue weighted by molar-refractivity contribution is -0.117. The number of hydrogen-bond acceptors (Lipinski definition) is 5. The Hall–Kier alpha value is -1.86. The van der Waals surface area contributed by atoms with Crippen LogP contribution in [0.4, 0.5) is 0 Å². The normalized spacial score (nSPS) is 32.0.